The first-order valence-electron chi connectivity index (χ1n) is 10.3. The van der Waals surface area contributed by atoms with Crippen molar-refractivity contribution < 1.29 is 4.79 Å². The van der Waals surface area contributed by atoms with E-state index in [0.717, 1.165) is 42.1 Å². The molecule has 2 N–H and O–H groups in total. The van der Waals surface area contributed by atoms with Gasteiger partial charge in [0.25, 0.3) is 0 Å². The Morgan fingerprint density at radius 2 is 2.15 bits per heavy atom. The molecule has 2 amide bonds. The lowest BCUT2D eigenvalue weighted by atomic mass is 9.75. The van der Waals surface area contributed by atoms with E-state index in [1.54, 1.807) is 11.8 Å². The Kier molecular flexibility index (Phi) is 7.44. The second-order valence-corrected chi connectivity index (χ2v) is 8.63. The number of benzene rings is 1. The first-order valence-corrected chi connectivity index (χ1v) is 11.5. The van der Waals surface area contributed by atoms with Crippen molar-refractivity contribution in [2.45, 2.75) is 37.6 Å². The molecule has 0 spiro atoms. The maximum absolute atomic E-state index is 12.3. The molecule has 1 aromatic carbocycles. The Morgan fingerprint density at radius 1 is 1.33 bits per heavy atom. The largest absolute Gasteiger partial charge is 0.336 e. The zero-order valence-corrected chi connectivity index (χ0v) is 17.7. The average molecular weight is 391 g/mol. The van der Waals surface area contributed by atoms with Gasteiger partial charge in [0.2, 0.25) is 0 Å². The van der Waals surface area contributed by atoms with Crippen molar-refractivity contribution in [1.29, 1.82) is 0 Å². The number of rotatable bonds is 8. The number of piperidine rings is 3. The zero-order chi connectivity index (χ0) is 19.2. The molecule has 5 nitrogen and oxygen atoms in total. The van der Waals surface area contributed by atoms with Crippen LogP contribution in [0.1, 0.15) is 26.7 Å². The summed E-state index contributed by atoms with van der Waals surface area (Å²) in [7, 11) is 0. The predicted molar refractivity (Wildman–Crippen MR) is 115 cm³/mol. The molecule has 3 fully saturated rings. The summed E-state index contributed by atoms with van der Waals surface area (Å²) in [6.45, 7) is 11.1. The minimum Gasteiger partial charge on any atom is -0.336 e. The summed E-state index contributed by atoms with van der Waals surface area (Å²) in [4.78, 5) is 18.6. The molecule has 27 heavy (non-hydrogen) atoms. The van der Waals surface area contributed by atoms with Gasteiger partial charge in [-0.05, 0) is 68.8 Å². The maximum Gasteiger partial charge on any atom is 0.319 e. The number of urea groups is 1. The van der Waals surface area contributed by atoms with Gasteiger partial charge >= 0.3 is 6.03 Å². The third kappa shape index (κ3) is 5.39. The molecule has 0 radical (unpaired) electrons. The molecule has 4 rings (SSSR count). The number of hydrogen-bond donors (Lipinski definition) is 2. The monoisotopic (exact) mass is 390 g/mol. The molecule has 0 aromatic heterocycles. The quantitative estimate of drug-likeness (QED) is 0.666. The van der Waals surface area contributed by atoms with Crippen LogP contribution in [-0.2, 0) is 0 Å². The molecule has 0 saturated carbocycles. The van der Waals surface area contributed by atoms with Crippen molar-refractivity contribution >= 4 is 23.5 Å². The summed E-state index contributed by atoms with van der Waals surface area (Å²) >= 11 is 1.68. The van der Waals surface area contributed by atoms with Crippen LogP contribution in [0.3, 0.4) is 0 Å². The molecule has 150 valence electrons. The number of amides is 2. The van der Waals surface area contributed by atoms with Gasteiger partial charge in [-0.1, -0.05) is 19.9 Å². The number of fused-ring (bicyclic) bond motifs is 3. The highest BCUT2D eigenvalue weighted by atomic mass is 32.2. The van der Waals surface area contributed by atoms with E-state index in [-0.39, 0.29) is 6.03 Å². The molecule has 1 unspecified atom stereocenters. The van der Waals surface area contributed by atoms with Crippen LogP contribution in [0.25, 0.3) is 0 Å². The summed E-state index contributed by atoms with van der Waals surface area (Å²) in [5.41, 5.74) is 0.851. The van der Waals surface area contributed by atoms with Crippen LogP contribution in [0.15, 0.2) is 29.2 Å². The average Bonchev–Trinajstić information content (AvgIpc) is 2.71. The topological polar surface area (TPSA) is 47.6 Å². The minimum absolute atomic E-state index is 0.101. The lowest BCUT2D eigenvalue weighted by molar-refractivity contribution is -0.00977. The van der Waals surface area contributed by atoms with Crippen LogP contribution in [-0.4, -0.2) is 67.4 Å². The highest BCUT2D eigenvalue weighted by molar-refractivity contribution is 7.98. The summed E-state index contributed by atoms with van der Waals surface area (Å²) in [6.07, 6.45) is 4.57. The van der Waals surface area contributed by atoms with Gasteiger partial charge in [0.1, 0.15) is 0 Å². The molecule has 2 bridgehead atoms. The van der Waals surface area contributed by atoms with E-state index in [2.05, 4.69) is 40.3 Å². The molecule has 3 aliphatic rings. The normalized spacial score (nSPS) is 27.0. The molecular formula is C21H34N4OS. The van der Waals surface area contributed by atoms with Gasteiger partial charge in [-0.3, -0.25) is 4.90 Å². The van der Waals surface area contributed by atoms with E-state index in [4.69, 9.17) is 0 Å². The molecule has 1 aromatic rings. The maximum atomic E-state index is 12.3. The number of hydrogen-bond acceptors (Lipinski definition) is 4. The molecule has 3 saturated heterocycles. The summed E-state index contributed by atoms with van der Waals surface area (Å²) in [5.74, 6) is 1.60. The number of thioether (sulfide) groups is 1. The van der Waals surface area contributed by atoms with E-state index in [1.165, 1.54) is 32.5 Å². The van der Waals surface area contributed by atoms with Crippen LogP contribution in [0.5, 0.6) is 0 Å². The second-order valence-electron chi connectivity index (χ2n) is 7.75. The zero-order valence-electron chi connectivity index (χ0n) is 16.9. The fourth-order valence-corrected chi connectivity index (χ4v) is 5.03. The molecule has 6 heteroatoms. The smallest absolute Gasteiger partial charge is 0.319 e. The highest BCUT2D eigenvalue weighted by Gasteiger charge is 2.40. The van der Waals surface area contributed by atoms with Crippen molar-refractivity contribution in [3.05, 3.63) is 24.3 Å². The molecular weight excluding hydrogens is 356 g/mol. The Morgan fingerprint density at radius 3 is 2.81 bits per heavy atom. The number of nitrogens with zero attached hydrogens (tertiary/aromatic N) is 2. The molecule has 3 aliphatic heterocycles. The fourth-order valence-electron chi connectivity index (χ4n) is 4.57. The molecule has 0 aliphatic carbocycles. The van der Waals surface area contributed by atoms with Gasteiger partial charge in [-0.15, -0.1) is 11.8 Å². The third-order valence-electron chi connectivity index (χ3n) is 6.23. The minimum atomic E-state index is -0.101. The SMILES string of the molecule is CCN(CC)C[C@@H]1CN2CC[C@H]1C[C@@H]2CNC(=O)Nc1cccc(SC)c1. The van der Waals surface area contributed by atoms with Crippen molar-refractivity contribution in [3.8, 4) is 0 Å². The van der Waals surface area contributed by atoms with Crippen molar-refractivity contribution in [1.82, 2.24) is 15.1 Å². The Balaban J connectivity index is 1.46. The van der Waals surface area contributed by atoms with E-state index in [0.29, 0.717) is 6.04 Å². The lowest BCUT2D eigenvalue weighted by Crippen LogP contribution is -2.58. The second kappa shape index (κ2) is 9.80. The predicted octanol–water partition coefficient (Wildman–Crippen LogP) is 3.58. The van der Waals surface area contributed by atoms with Gasteiger partial charge < -0.3 is 15.5 Å². The Hall–Kier alpha value is -1.24. The van der Waals surface area contributed by atoms with Gasteiger partial charge in [-0.2, -0.15) is 0 Å². The third-order valence-corrected chi connectivity index (χ3v) is 6.95. The standard InChI is InChI=1S/C21H34N4OS/c1-4-24(5-2)14-17-15-25-10-9-16(17)11-19(25)13-22-21(26)23-18-7-6-8-20(12-18)27-3/h6-8,12,16-17,19H,4-5,9-11,13-15H2,1-3H3,(H2,22,23,26)/t16-,17+,19+/m0/s1. The Bertz CT molecular complexity index is 622. The van der Waals surface area contributed by atoms with Crippen LogP contribution < -0.4 is 10.6 Å². The lowest BCUT2D eigenvalue weighted by Gasteiger charge is -2.50. The van der Waals surface area contributed by atoms with Crippen LogP contribution in [0, 0.1) is 11.8 Å². The number of carbonyl (C=O) groups excluding carboxylic acids is 1. The van der Waals surface area contributed by atoms with E-state index in [1.807, 2.05) is 24.5 Å². The van der Waals surface area contributed by atoms with Crippen LogP contribution >= 0.6 is 11.8 Å². The Labute approximate surface area is 168 Å². The van der Waals surface area contributed by atoms with Crippen molar-refractivity contribution in [3.63, 3.8) is 0 Å². The summed E-state index contributed by atoms with van der Waals surface area (Å²) in [6, 6.07) is 8.35. The van der Waals surface area contributed by atoms with Crippen LogP contribution in [0.2, 0.25) is 0 Å². The number of nitrogens with one attached hydrogen (secondary N) is 2. The van der Waals surface area contributed by atoms with Crippen molar-refractivity contribution in [2.75, 3.05) is 50.8 Å². The van der Waals surface area contributed by atoms with Gasteiger partial charge in [-0.25, -0.2) is 4.79 Å². The van der Waals surface area contributed by atoms with E-state index in [9.17, 15) is 4.79 Å². The molecule has 3 heterocycles. The first-order chi connectivity index (χ1) is 13.1. The van der Waals surface area contributed by atoms with Gasteiger partial charge in [0.15, 0.2) is 0 Å². The summed E-state index contributed by atoms with van der Waals surface area (Å²) < 4.78 is 0. The van der Waals surface area contributed by atoms with E-state index >= 15 is 0 Å². The fraction of sp³-hybridized carbons (Fsp3) is 0.667. The van der Waals surface area contributed by atoms with Crippen molar-refractivity contribution in [2.24, 2.45) is 11.8 Å². The van der Waals surface area contributed by atoms with Gasteiger partial charge in [0, 0.05) is 36.3 Å². The first kappa shape index (κ1) is 20.5. The number of carbonyl (C=O) groups is 1. The molecule has 4 atom stereocenters. The number of anilines is 1. The van der Waals surface area contributed by atoms with Gasteiger partial charge in [0.05, 0.1) is 0 Å². The summed E-state index contributed by atoms with van der Waals surface area (Å²) in [5, 5.41) is 6.05. The van der Waals surface area contributed by atoms with E-state index < -0.39 is 0 Å². The highest BCUT2D eigenvalue weighted by Crippen LogP contribution is 2.36. The van der Waals surface area contributed by atoms with Crippen LogP contribution in [0.4, 0.5) is 10.5 Å².